The van der Waals surface area contributed by atoms with Crippen LogP contribution in [-0.2, 0) is 11.3 Å². The highest BCUT2D eigenvalue weighted by atomic mass is 16.5. The molecule has 2 fully saturated rings. The van der Waals surface area contributed by atoms with E-state index >= 15 is 0 Å². The van der Waals surface area contributed by atoms with Gasteiger partial charge in [0.15, 0.2) is 0 Å². The predicted octanol–water partition coefficient (Wildman–Crippen LogP) is 5.34. The molecule has 2 aromatic rings. The molecule has 27 heavy (non-hydrogen) atoms. The SMILES string of the molecule is COC(=O)N(Cc1ccccc1)C1=C(c2ccccc2)[C@H]2[C@@H]3CC[C@@H](C3)[C@@H]12. The van der Waals surface area contributed by atoms with Crippen LogP contribution >= 0.6 is 0 Å². The average Bonchev–Trinajstić information content (AvgIpc) is 3.27. The van der Waals surface area contributed by atoms with Gasteiger partial charge in [0.1, 0.15) is 0 Å². The lowest BCUT2D eigenvalue weighted by Gasteiger charge is -2.48. The van der Waals surface area contributed by atoms with Crippen molar-refractivity contribution in [3.8, 4) is 0 Å². The number of rotatable bonds is 4. The number of carbonyl (C=O) groups is 1. The fourth-order valence-corrected chi connectivity index (χ4v) is 5.76. The van der Waals surface area contributed by atoms with Crippen LogP contribution in [0.5, 0.6) is 0 Å². The lowest BCUT2D eigenvalue weighted by atomic mass is 9.62. The molecule has 2 aromatic carbocycles. The summed E-state index contributed by atoms with van der Waals surface area (Å²) in [5, 5.41) is 0. The molecule has 0 aliphatic heterocycles. The second kappa shape index (κ2) is 6.56. The number of fused-ring (bicyclic) bond motifs is 5. The van der Waals surface area contributed by atoms with Gasteiger partial charge in [0.05, 0.1) is 13.7 Å². The average molecular weight is 359 g/mol. The number of ether oxygens (including phenoxy) is 1. The Morgan fingerprint density at radius 3 is 2.26 bits per heavy atom. The van der Waals surface area contributed by atoms with Gasteiger partial charge >= 0.3 is 6.09 Å². The Labute approximate surface area is 160 Å². The van der Waals surface area contributed by atoms with Crippen LogP contribution < -0.4 is 0 Å². The molecule has 1 amide bonds. The molecule has 0 saturated heterocycles. The van der Waals surface area contributed by atoms with Crippen molar-refractivity contribution in [1.82, 2.24) is 4.90 Å². The van der Waals surface area contributed by atoms with Gasteiger partial charge in [0.25, 0.3) is 0 Å². The van der Waals surface area contributed by atoms with E-state index in [9.17, 15) is 4.79 Å². The van der Waals surface area contributed by atoms with Gasteiger partial charge in [0, 0.05) is 11.6 Å². The van der Waals surface area contributed by atoms with Crippen LogP contribution in [-0.4, -0.2) is 18.1 Å². The molecule has 0 heterocycles. The normalized spacial score (nSPS) is 27.9. The van der Waals surface area contributed by atoms with E-state index in [2.05, 4.69) is 42.5 Å². The molecule has 0 spiro atoms. The maximum atomic E-state index is 12.8. The zero-order valence-electron chi connectivity index (χ0n) is 15.7. The highest BCUT2D eigenvalue weighted by molar-refractivity contribution is 5.83. The first-order chi connectivity index (χ1) is 13.3. The smallest absolute Gasteiger partial charge is 0.414 e. The minimum absolute atomic E-state index is 0.247. The molecule has 3 aliphatic rings. The van der Waals surface area contributed by atoms with Gasteiger partial charge in [-0.25, -0.2) is 4.79 Å². The van der Waals surface area contributed by atoms with Crippen molar-refractivity contribution in [3.05, 3.63) is 77.5 Å². The van der Waals surface area contributed by atoms with E-state index < -0.39 is 0 Å². The van der Waals surface area contributed by atoms with Crippen LogP contribution in [0.25, 0.3) is 5.57 Å². The Morgan fingerprint density at radius 2 is 1.59 bits per heavy atom. The summed E-state index contributed by atoms with van der Waals surface area (Å²) in [7, 11) is 1.49. The standard InChI is InChI=1S/C24H25NO2/c1-27-24(26)25(15-16-8-4-2-5-9-16)23-21(17-10-6-3-7-11-17)20-18-12-13-19(14-18)22(20)23/h2-11,18-20,22H,12-15H2,1H3/t18-,19+,20-,22-/m1/s1. The second-order valence-corrected chi connectivity index (χ2v) is 8.09. The monoisotopic (exact) mass is 359 g/mol. The topological polar surface area (TPSA) is 29.5 Å². The summed E-state index contributed by atoms with van der Waals surface area (Å²) >= 11 is 0. The number of methoxy groups -OCH3 is 1. The van der Waals surface area contributed by atoms with Crippen LogP contribution in [0.1, 0.15) is 30.4 Å². The Morgan fingerprint density at radius 1 is 0.963 bits per heavy atom. The Balaban J connectivity index is 1.60. The van der Waals surface area contributed by atoms with E-state index in [0.29, 0.717) is 18.4 Å². The predicted molar refractivity (Wildman–Crippen MR) is 106 cm³/mol. The molecule has 2 bridgehead atoms. The van der Waals surface area contributed by atoms with Crippen molar-refractivity contribution >= 4 is 11.7 Å². The molecule has 4 atom stereocenters. The molecule has 3 nitrogen and oxygen atoms in total. The number of allylic oxidation sites excluding steroid dienone is 2. The first-order valence-corrected chi connectivity index (χ1v) is 9.97. The molecule has 3 heteroatoms. The summed E-state index contributed by atoms with van der Waals surface area (Å²) in [5.41, 5.74) is 5.00. The highest BCUT2D eigenvalue weighted by Crippen LogP contribution is 2.66. The van der Waals surface area contributed by atoms with Crippen LogP contribution in [0.4, 0.5) is 4.79 Å². The largest absolute Gasteiger partial charge is 0.452 e. The van der Waals surface area contributed by atoms with Crippen molar-refractivity contribution < 1.29 is 9.53 Å². The van der Waals surface area contributed by atoms with Gasteiger partial charge in [-0.1, -0.05) is 60.7 Å². The lowest BCUT2D eigenvalue weighted by molar-refractivity contribution is 0.115. The number of hydrogen-bond donors (Lipinski definition) is 0. The highest BCUT2D eigenvalue weighted by Gasteiger charge is 2.58. The lowest BCUT2D eigenvalue weighted by Crippen LogP contribution is -2.45. The molecular weight excluding hydrogens is 334 g/mol. The van der Waals surface area contributed by atoms with E-state index in [-0.39, 0.29) is 6.09 Å². The zero-order chi connectivity index (χ0) is 18.4. The fraction of sp³-hybridized carbons (Fsp3) is 0.375. The summed E-state index contributed by atoms with van der Waals surface area (Å²) in [5.74, 6) is 2.64. The van der Waals surface area contributed by atoms with Gasteiger partial charge in [0.2, 0.25) is 0 Å². The van der Waals surface area contributed by atoms with Crippen molar-refractivity contribution in [1.29, 1.82) is 0 Å². The van der Waals surface area contributed by atoms with E-state index in [0.717, 1.165) is 17.4 Å². The van der Waals surface area contributed by atoms with Crippen LogP contribution in [0, 0.1) is 23.7 Å². The molecule has 0 radical (unpaired) electrons. The number of nitrogens with zero attached hydrogens (tertiary/aromatic N) is 1. The van der Waals surface area contributed by atoms with Crippen LogP contribution in [0.2, 0.25) is 0 Å². The number of carbonyl (C=O) groups excluding carboxylic acids is 1. The first-order valence-electron chi connectivity index (χ1n) is 9.97. The fourth-order valence-electron chi connectivity index (χ4n) is 5.76. The third-order valence-electron chi connectivity index (χ3n) is 6.80. The minimum Gasteiger partial charge on any atom is -0.452 e. The van der Waals surface area contributed by atoms with Crippen molar-refractivity contribution in [2.24, 2.45) is 23.7 Å². The summed E-state index contributed by atoms with van der Waals surface area (Å²) in [6, 6.07) is 20.9. The Bertz CT molecular complexity index is 874. The summed E-state index contributed by atoms with van der Waals surface area (Å²) in [6.07, 6.45) is 3.71. The molecule has 5 rings (SSSR count). The summed E-state index contributed by atoms with van der Waals surface area (Å²) in [6.45, 7) is 0.569. The van der Waals surface area contributed by atoms with Gasteiger partial charge in [-0.15, -0.1) is 0 Å². The molecule has 3 aliphatic carbocycles. The third kappa shape index (κ3) is 2.60. The Kier molecular flexibility index (Phi) is 4.04. The van der Waals surface area contributed by atoms with Crippen LogP contribution in [0.3, 0.4) is 0 Å². The number of amides is 1. The first kappa shape index (κ1) is 16.6. The van der Waals surface area contributed by atoms with Gasteiger partial charge in [-0.05, 0) is 53.7 Å². The van der Waals surface area contributed by atoms with Gasteiger partial charge in [-0.2, -0.15) is 0 Å². The van der Waals surface area contributed by atoms with Crippen molar-refractivity contribution in [2.75, 3.05) is 7.11 Å². The summed E-state index contributed by atoms with van der Waals surface area (Å²) < 4.78 is 5.21. The third-order valence-corrected chi connectivity index (χ3v) is 6.80. The summed E-state index contributed by atoms with van der Waals surface area (Å²) in [4.78, 5) is 14.7. The molecule has 0 N–H and O–H groups in total. The minimum atomic E-state index is -0.247. The van der Waals surface area contributed by atoms with Gasteiger partial charge < -0.3 is 4.74 Å². The quantitative estimate of drug-likeness (QED) is 0.737. The molecule has 0 unspecified atom stereocenters. The maximum absolute atomic E-state index is 12.8. The molecule has 138 valence electrons. The molecule has 2 saturated carbocycles. The molecule has 0 aromatic heterocycles. The van der Waals surface area contributed by atoms with E-state index in [1.54, 1.807) is 0 Å². The zero-order valence-corrected chi connectivity index (χ0v) is 15.7. The maximum Gasteiger partial charge on any atom is 0.414 e. The second-order valence-electron chi connectivity index (χ2n) is 8.09. The van der Waals surface area contributed by atoms with Crippen molar-refractivity contribution in [2.45, 2.75) is 25.8 Å². The Hall–Kier alpha value is -2.55. The van der Waals surface area contributed by atoms with E-state index in [4.69, 9.17) is 4.74 Å². The van der Waals surface area contributed by atoms with E-state index in [1.807, 2.05) is 23.1 Å². The number of benzene rings is 2. The number of hydrogen-bond acceptors (Lipinski definition) is 2. The van der Waals surface area contributed by atoms with Gasteiger partial charge in [-0.3, -0.25) is 4.90 Å². The van der Waals surface area contributed by atoms with Crippen molar-refractivity contribution in [3.63, 3.8) is 0 Å². The molecular formula is C24H25NO2. The van der Waals surface area contributed by atoms with Crippen LogP contribution in [0.15, 0.2) is 66.4 Å². The van der Waals surface area contributed by atoms with E-state index in [1.165, 1.54) is 43.2 Å².